The third kappa shape index (κ3) is 15.7. The minimum absolute atomic E-state index is 0.383. The number of nitrogens with zero attached hydrogens (tertiary/aromatic N) is 1. The Morgan fingerprint density at radius 2 is 1.14 bits per heavy atom. The van der Waals surface area contributed by atoms with Gasteiger partial charge in [0.2, 0.25) is 6.29 Å². The SMILES string of the molecule is CCCCCCCCCCCOc1ccc(C=Nc2ccc(O[C@H]3O[C@H](CO)[C@@H](O)[C@H](O)[C@H]3O)cc2)cc1OCCCCCCCCCCC. The van der Waals surface area contributed by atoms with Gasteiger partial charge in [0.1, 0.15) is 30.2 Å². The number of aliphatic hydroxyl groups excluding tert-OH is 4. The molecule has 1 fully saturated rings. The number of rotatable bonds is 27. The van der Waals surface area contributed by atoms with Crippen LogP contribution in [-0.2, 0) is 4.74 Å². The lowest BCUT2D eigenvalue weighted by atomic mass is 9.99. The standard InChI is InChI=1S/C41H65NO8/c1-3-5-7-9-11-13-15-17-19-27-47-35-26-21-32(29-36(35)48-28-20-18-16-14-12-10-8-6-4-2)30-42-33-22-24-34(25-23-33)49-41-40(46)39(45)38(44)37(31-43)50-41/h21-26,29-30,37-41,43-46H,3-20,27-28,31H2,1-2H3/t37-,38-,39+,40-,41+/m1/s1. The van der Waals surface area contributed by atoms with Crippen molar-refractivity contribution in [3.05, 3.63) is 48.0 Å². The minimum atomic E-state index is -1.50. The van der Waals surface area contributed by atoms with Gasteiger partial charge in [-0.25, -0.2) is 0 Å². The zero-order chi connectivity index (χ0) is 35.8. The monoisotopic (exact) mass is 699 g/mol. The van der Waals surface area contributed by atoms with Crippen molar-refractivity contribution >= 4 is 11.9 Å². The molecule has 2 aromatic carbocycles. The molecular weight excluding hydrogens is 634 g/mol. The number of hydrogen-bond acceptors (Lipinski definition) is 9. The maximum absolute atomic E-state index is 10.3. The summed E-state index contributed by atoms with van der Waals surface area (Å²) in [4.78, 5) is 4.62. The van der Waals surface area contributed by atoms with Gasteiger partial charge in [0.25, 0.3) is 0 Å². The van der Waals surface area contributed by atoms with Crippen molar-refractivity contribution in [3.63, 3.8) is 0 Å². The predicted octanol–water partition coefficient (Wildman–Crippen LogP) is 8.44. The van der Waals surface area contributed by atoms with E-state index in [0.717, 1.165) is 29.9 Å². The molecule has 4 N–H and O–H groups in total. The Morgan fingerprint density at radius 1 is 0.620 bits per heavy atom. The average Bonchev–Trinajstić information content (AvgIpc) is 3.13. The van der Waals surface area contributed by atoms with Crippen LogP contribution in [-0.4, -0.2) is 77.2 Å². The molecule has 0 aliphatic carbocycles. The highest BCUT2D eigenvalue weighted by molar-refractivity contribution is 5.83. The van der Waals surface area contributed by atoms with Crippen LogP contribution in [0.5, 0.6) is 17.2 Å². The smallest absolute Gasteiger partial charge is 0.229 e. The highest BCUT2D eigenvalue weighted by Gasteiger charge is 2.44. The predicted molar refractivity (Wildman–Crippen MR) is 200 cm³/mol. The van der Waals surface area contributed by atoms with Crippen LogP contribution < -0.4 is 14.2 Å². The van der Waals surface area contributed by atoms with Crippen molar-refractivity contribution < 1.29 is 39.4 Å². The summed E-state index contributed by atoms with van der Waals surface area (Å²) in [7, 11) is 0. The van der Waals surface area contributed by atoms with Crippen molar-refractivity contribution in [1.29, 1.82) is 0 Å². The van der Waals surface area contributed by atoms with Gasteiger partial charge >= 0.3 is 0 Å². The number of unbranched alkanes of at least 4 members (excludes halogenated alkanes) is 16. The second-order valence-corrected chi connectivity index (χ2v) is 13.6. The number of aliphatic imine (C=N–C) groups is 1. The largest absolute Gasteiger partial charge is 0.490 e. The van der Waals surface area contributed by atoms with Gasteiger partial charge in [-0.3, -0.25) is 4.99 Å². The van der Waals surface area contributed by atoms with E-state index in [1.807, 2.05) is 18.2 Å². The first-order valence-electron chi connectivity index (χ1n) is 19.5. The lowest BCUT2D eigenvalue weighted by Crippen LogP contribution is -2.60. The maximum atomic E-state index is 10.3. The summed E-state index contributed by atoms with van der Waals surface area (Å²) in [6, 6.07) is 12.8. The molecule has 1 saturated heterocycles. The van der Waals surface area contributed by atoms with E-state index < -0.39 is 37.3 Å². The molecule has 50 heavy (non-hydrogen) atoms. The van der Waals surface area contributed by atoms with Gasteiger partial charge in [0, 0.05) is 6.21 Å². The maximum Gasteiger partial charge on any atom is 0.229 e. The summed E-state index contributed by atoms with van der Waals surface area (Å²) in [6.45, 7) is 5.32. The highest BCUT2D eigenvalue weighted by atomic mass is 16.7. The van der Waals surface area contributed by atoms with Crippen LogP contribution in [0.15, 0.2) is 47.5 Å². The summed E-state index contributed by atoms with van der Waals surface area (Å²) in [5.74, 6) is 1.90. The fourth-order valence-electron chi connectivity index (χ4n) is 6.09. The number of hydrogen-bond donors (Lipinski definition) is 4. The Balaban J connectivity index is 1.52. The average molecular weight is 700 g/mol. The zero-order valence-electron chi connectivity index (χ0n) is 30.7. The Morgan fingerprint density at radius 3 is 1.68 bits per heavy atom. The first kappa shape index (κ1) is 41.7. The van der Waals surface area contributed by atoms with Crippen molar-refractivity contribution in [1.82, 2.24) is 0 Å². The quantitative estimate of drug-likeness (QED) is 0.0540. The van der Waals surface area contributed by atoms with Gasteiger partial charge < -0.3 is 39.4 Å². The van der Waals surface area contributed by atoms with Gasteiger partial charge in [0.15, 0.2) is 11.5 Å². The number of benzene rings is 2. The van der Waals surface area contributed by atoms with E-state index >= 15 is 0 Å². The van der Waals surface area contributed by atoms with Crippen molar-refractivity contribution in [2.45, 2.75) is 160 Å². The van der Waals surface area contributed by atoms with Crippen LogP contribution >= 0.6 is 0 Å². The van der Waals surface area contributed by atoms with Gasteiger partial charge in [-0.1, -0.05) is 117 Å². The molecule has 0 radical (unpaired) electrons. The summed E-state index contributed by atoms with van der Waals surface area (Å²) >= 11 is 0. The third-order valence-electron chi connectivity index (χ3n) is 9.28. The van der Waals surface area contributed by atoms with Gasteiger partial charge in [-0.2, -0.15) is 0 Å². The summed E-state index contributed by atoms with van der Waals surface area (Å²) in [5.41, 5.74) is 1.58. The lowest BCUT2D eigenvalue weighted by molar-refractivity contribution is -0.277. The normalized spacial score (nSPS) is 20.7. The van der Waals surface area contributed by atoms with Gasteiger partial charge in [0.05, 0.1) is 25.5 Å². The Kier molecular flexibility index (Phi) is 21.1. The van der Waals surface area contributed by atoms with Crippen molar-refractivity contribution in [2.24, 2.45) is 4.99 Å². The van der Waals surface area contributed by atoms with E-state index in [-0.39, 0.29) is 0 Å². The molecular formula is C41H65NO8. The van der Waals surface area contributed by atoms with E-state index in [0.29, 0.717) is 24.7 Å². The van der Waals surface area contributed by atoms with Crippen LogP contribution in [0, 0.1) is 0 Å². The van der Waals surface area contributed by atoms with Gasteiger partial charge in [-0.05, 0) is 60.9 Å². The molecule has 9 nitrogen and oxygen atoms in total. The number of aliphatic hydroxyl groups is 4. The summed E-state index contributed by atoms with van der Waals surface area (Å²) in [5, 5.41) is 39.7. The molecule has 1 heterocycles. The minimum Gasteiger partial charge on any atom is -0.490 e. The molecule has 0 aromatic heterocycles. The molecule has 0 bridgehead atoms. The van der Waals surface area contributed by atoms with E-state index in [1.165, 1.54) is 103 Å². The Labute approximate surface area is 301 Å². The molecule has 5 atom stereocenters. The van der Waals surface area contributed by atoms with E-state index in [1.54, 1.807) is 30.5 Å². The molecule has 1 aliphatic rings. The number of ether oxygens (including phenoxy) is 4. The van der Waals surface area contributed by atoms with E-state index in [4.69, 9.17) is 18.9 Å². The van der Waals surface area contributed by atoms with Crippen molar-refractivity contribution in [2.75, 3.05) is 19.8 Å². The van der Waals surface area contributed by atoms with Crippen LogP contribution in [0.25, 0.3) is 0 Å². The first-order chi connectivity index (χ1) is 24.5. The summed E-state index contributed by atoms with van der Waals surface area (Å²) < 4.78 is 23.6. The second-order valence-electron chi connectivity index (χ2n) is 13.6. The molecule has 1 aliphatic heterocycles. The summed E-state index contributed by atoms with van der Waals surface area (Å²) in [6.07, 6.45) is 17.9. The van der Waals surface area contributed by atoms with Crippen molar-refractivity contribution in [3.8, 4) is 17.2 Å². The molecule has 0 spiro atoms. The highest BCUT2D eigenvalue weighted by Crippen LogP contribution is 2.30. The first-order valence-corrected chi connectivity index (χ1v) is 19.5. The molecule has 9 heteroatoms. The molecule has 0 saturated carbocycles. The zero-order valence-corrected chi connectivity index (χ0v) is 30.7. The van der Waals surface area contributed by atoms with E-state index in [2.05, 4.69) is 18.8 Å². The fourth-order valence-corrected chi connectivity index (χ4v) is 6.09. The molecule has 3 rings (SSSR count). The Bertz CT molecular complexity index is 1170. The van der Waals surface area contributed by atoms with E-state index in [9.17, 15) is 20.4 Å². The molecule has 2 aromatic rings. The lowest BCUT2D eigenvalue weighted by Gasteiger charge is -2.39. The van der Waals surface area contributed by atoms with Crippen LogP contribution in [0.2, 0.25) is 0 Å². The fraction of sp³-hybridized carbons (Fsp3) is 0.683. The van der Waals surface area contributed by atoms with Crippen LogP contribution in [0.1, 0.15) is 135 Å². The second kappa shape index (κ2) is 25.3. The third-order valence-corrected chi connectivity index (χ3v) is 9.28. The van der Waals surface area contributed by atoms with Crippen LogP contribution in [0.4, 0.5) is 5.69 Å². The molecule has 0 unspecified atom stereocenters. The topological polar surface area (TPSA) is 130 Å². The van der Waals surface area contributed by atoms with Gasteiger partial charge in [-0.15, -0.1) is 0 Å². The molecule has 282 valence electrons. The molecule has 0 amide bonds. The Hall–Kier alpha value is -2.69. The van der Waals surface area contributed by atoms with Crippen LogP contribution in [0.3, 0.4) is 0 Å².